The summed E-state index contributed by atoms with van der Waals surface area (Å²) in [5.41, 5.74) is 1.03. The minimum absolute atomic E-state index is 0.244. The standard InChI is InChI=1S/C13H15Cl2NO2/c1-8(13(17)18)10-6-16(7-10)5-9-2-3-11(14)4-12(9)15/h2-4,8,10H,5-7H2,1H3,(H,17,18). The van der Waals surface area contributed by atoms with E-state index in [0.29, 0.717) is 10.0 Å². The molecule has 3 nitrogen and oxygen atoms in total. The number of carboxylic acid groups (broad SMARTS) is 1. The Morgan fingerprint density at radius 3 is 2.72 bits per heavy atom. The van der Waals surface area contributed by atoms with Crippen LogP contribution in [0.1, 0.15) is 12.5 Å². The summed E-state index contributed by atoms with van der Waals surface area (Å²) in [6.45, 7) is 4.14. The molecule has 0 bridgehead atoms. The van der Waals surface area contributed by atoms with Gasteiger partial charge < -0.3 is 5.11 Å². The second kappa shape index (κ2) is 5.47. The Balaban J connectivity index is 1.88. The molecule has 1 aliphatic heterocycles. The van der Waals surface area contributed by atoms with Gasteiger partial charge in [0.2, 0.25) is 0 Å². The molecule has 1 aliphatic rings. The summed E-state index contributed by atoms with van der Waals surface area (Å²) < 4.78 is 0. The molecule has 1 heterocycles. The van der Waals surface area contributed by atoms with Crippen molar-refractivity contribution in [1.29, 1.82) is 0 Å². The van der Waals surface area contributed by atoms with Crippen LogP contribution in [-0.4, -0.2) is 29.1 Å². The van der Waals surface area contributed by atoms with Crippen molar-refractivity contribution in [3.05, 3.63) is 33.8 Å². The Kier molecular flexibility index (Phi) is 4.15. The minimum atomic E-state index is -0.718. The summed E-state index contributed by atoms with van der Waals surface area (Å²) in [4.78, 5) is 13.0. The number of hydrogen-bond acceptors (Lipinski definition) is 2. The quantitative estimate of drug-likeness (QED) is 0.925. The van der Waals surface area contributed by atoms with Crippen LogP contribution in [0.25, 0.3) is 0 Å². The van der Waals surface area contributed by atoms with Crippen molar-refractivity contribution in [2.75, 3.05) is 13.1 Å². The van der Waals surface area contributed by atoms with Gasteiger partial charge in [0.1, 0.15) is 0 Å². The molecule has 1 saturated heterocycles. The summed E-state index contributed by atoms with van der Waals surface area (Å²) in [6.07, 6.45) is 0. The highest BCUT2D eigenvalue weighted by Gasteiger charge is 2.34. The molecule has 1 aromatic carbocycles. The molecule has 1 N–H and O–H groups in total. The maximum absolute atomic E-state index is 10.8. The van der Waals surface area contributed by atoms with Gasteiger partial charge in [-0.05, 0) is 23.6 Å². The van der Waals surface area contributed by atoms with Crippen LogP contribution in [-0.2, 0) is 11.3 Å². The van der Waals surface area contributed by atoms with Gasteiger partial charge in [0.25, 0.3) is 0 Å². The van der Waals surface area contributed by atoms with E-state index in [4.69, 9.17) is 28.3 Å². The van der Waals surface area contributed by atoms with Gasteiger partial charge in [-0.3, -0.25) is 9.69 Å². The fraction of sp³-hybridized carbons (Fsp3) is 0.462. The smallest absolute Gasteiger partial charge is 0.306 e. The number of halogens is 2. The first-order chi connectivity index (χ1) is 8.47. The van der Waals surface area contributed by atoms with E-state index in [1.165, 1.54) is 0 Å². The third-order valence-corrected chi connectivity index (χ3v) is 4.08. The minimum Gasteiger partial charge on any atom is -0.481 e. The van der Waals surface area contributed by atoms with Crippen molar-refractivity contribution in [3.8, 4) is 0 Å². The molecule has 0 aromatic heterocycles. The highest BCUT2D eigenvalue weighted by atomic mass is 35.5. The highest BCUT2D eigenvalue weighted by Crippen LogP contribution is 2.28. The number of aliphatic carboxylic acids is 1. The Bertz CT molecular complexity index is 458. The molecule has 0 amide bonds. The van der Waals surface area contributed by atoms with E-state index in [9.17, 15) is 4.79 Å². The molecule has 18 heavy (non-hydrogen) atoms. The van der Waals surface area contributed by atoms with E-state index in [2.05, 4.69) is 4.90 Å². The molecule has 1 unspecified atom stereocenters. The van der Waals surface area contributed by atoms with Gasteiger partial charge in [0, 0.05) is 29.7 Å². The average molecular weight is 288 g/mol. The van der Waals surface area contributed by atoms with Gasteiger partial charge in [-0.1, -0.05) is 36.2 Å². The van der Waals surface area contributed by atoms with Crippen LogP contribution in [0, 0.1) is 11.8 Å². The Morgan fingerprint density at radius 2 is 2.17 bits per heavy atom. The SMILES string of the molecule is CC(C(=O)O)C1CN(Cc2ccc(Cl)cc2Cl)C1. The first kappa shape index (κ1) is 13.7. The van der Waals surface area contributed by atoms with Gasteiger partial charge in [0.05, 0.1) is 5.92 Å². The number of nitrogens with zero attached hydrogens (tertiary/aromatic N) is 1. The maximum Gasteiger partial charge on any atom is 0.306 e. The summed E-state index contributed by atoms with van der Waals surface area (Å²) in [5.74, 6) is -0.750. The topological polar surface area (TPSA) is 40.5 Å². The van der Waals surface area contributed by atoms with Crippen molar-refractivity contribution in [1.82, 2.24) is 4.90 Å². The lowest BCUT2D eigenvalue weighted by Crippen LogP contribution is -2.50. The van der Waals surface area contributed by atoms with Crippen LogP contribution in [0.15, 0.2) is 18.2 Å². The van der Waals surface area contributed by atoms with Crippen molar-refractivity contribution >= 4 is 29.2 Å². The number of carboxylic acids is 1. The third kappa shape index (κ3) is 2.97. The highest BCUT2D eigenvalue weighted by molar-refractivity contribution is 6.35. The zero-order chi connectivity index (χ0) is 13.3. The summed E-state index contributed by atoms with van der Waals surface area (Å²) in [6, 6.07) is 5.47. The Morgan fingerprint density at radius 1 is 1.50 bits per heavy atom. The van der Waals surface area contributed by atoms with E-state index < -0.39 is 5.97 Å². The second-order valence-corrected chi connectivity index (χ2v) is 5.66. The van der Waals surface area contributed by atoms with Crippen molar-refractivity contribution < 1.29 is 9.90 Å². The number of likely N-dealkylation sites (tertiary alicyclic amines) is 1. The zero-order valence-electron chi connectivity index (χ0n) is 10.1. The molecule has 5 heteroatoms. The van der Waals surface area contributed by atoms with Crippen LogP contribution >= 0.6 is 23.2 Å². The molecule has 1 aromatic rings. The molecule has 0 spiro atoms. The Labute approximate surface area is 116 Å². The zero-order valence-corrected chi connectivity index (χ0v) is 11.6. The van der Waals surface area contributed by atoms with Gasteiger partial charge in [-0.2, -0.15) is 0 Å². The van der Waals surface area contributed by atoms with Crippen molar-refractivity contribution in [2.24, 2.45) is 11.8 Å². The molecule has 0 aliphatic carbocycles. The van der Waals surface area contributed by atoms with Crippen LogP contribution < -0.4 is 0 Å². The fourth-order valence-corrected chi connectivity index (χ4v) is 2.62. The van der Waals surface area contributed by atoms with Crippen LogP contribution in [0.3, 0.4) is 0 Å². The summed E-state index contributed by atoms with van der Waals surface area (Å²) in [5, 5.41) is 10.2. The number of rotatable bonds is 4. The number of carbonyl (C=O) groups is 1. The van der Waals surface area contributed by atoms with Gasteiger partial charge in [0.15, 0.2) is 0 Å². The lowest BCUT2D eigenvalue weighted by atomic mass is 9.87. The molecule has 1 fully saturated rings. The molecular formula is C13H15Cl2NO2. The normalized spacial score (nSPS) is 18.4. The van der Waals surface area contributed by atoms with Crippen molar-refractivity contribution in [3.63, 3.8) is 0 Å². The van der Waals surface area contributed by atoms with E-state index in [0.717, 1.165) is 25.2 Å². The number of hydrogen-bond donors (Lipinski definition) is 1. The lowest BCUT2D eigenvalue weighted by molar-refractivity contribution is -0.145. The monoisotopic (exact) mass is 287 g/mol. The van der Waals surface area contributed by atoms with Gasteiger partial charge in [-0.25, -0.2) is 0 Å². The first-order valence-corrected chi connectivity index (χ1v) is 6.62. The predicted molar refractivity (Wildman–Crippen MR) is 72.0 cm³/mol. The largest absolute Gasteiger partial charge is 0.481 e. The lowest BCUT2D eigenvalue weighted by Gasteiger charge is -2.41. The average Bonchev–Trinajstić information content (AvgIpc) is 2.24. The van der Waals surface area contributed by atoms with Crippen LogP contribution in [0.2, 0.25) is 10.0 Å². The van der Waals surface area contributed by atoms with Crippen LogP contribution in [0.5, 0.6) is 0 Å². The summed E-state index contributed by atoms with van der Waals surface area (Å²) in [7, 11) is 0. The molecule has 2 rings (SSSR count). The molecular weight excluding hydrogens is 273 g/mol. The van der Waals surface area contributed by atoms with E-state index in [1.54, 1.807) is 13.0 Å². The molecule has 98 valence electrons. The van der Waals surface area contributed by atoms with E-state index >= 15 is 0 Å². The third-order valence-electron chi connectivity index (χ3n) is 3.49. The van der Waals surface area contributed by atoms with Crippen LogP contribution in [0.4, 0.5) is 0 Å². The van der Waals surface area contributed by atoms with E-state index in [-0.39, 0.29) is 11.8 Å². The molecule has 1 atom stereocenters. The predicted octanol–water partition coefficient (Wildman–Crippen LogP) is 3.15. The van der Waals surface area contributed by atoms with Gasteiger partial charge in [-0.15, -0.1) is 0 Å². The maximum atomic E-state index is 10.8. The second-order valence-electron chi connectivity index (χ2n) is 4.82. The van der Waals surface area contributed by atoms with E-state index in [1.807, 2.05) is 12.1 Å². The van der Waals surface area contributed by atoms with Gasteiger partial charge >= 0.3 is 5.97 Å². The van der Waals surface area contributed by atoms with Crippen molar-refractivity contribution in [2.45, 2.75) is 13.5 Å². The first-order valence-electron chi connectivity index (χ1n) is 5.86. The fourth-order valence-electron chi connectivity index (χ4n) is 2.15. The molecule has 0 radical (unpaired) electrons. The summed E-state index contributed by atoms with van der Waals surface area (Å²) >= 11 is 11.9. The number of benzene rings is 1. The molecule has 0 saturated carbocycles. The Hall–Kier alpha value is -0.770.